The van der Waals surface area contributed by atoms with E-state index >= 15 is 0 Å². The van der Waals surface area contributed by atoms with E-state index in [2.05, 4.69) is 157 Å². The zero-order chi connectivity index (χ0) is 26.5. The lowest BCUT2D eigenvalue weighted by Gasteiger charge is -2.27. The highest BCUT2D eigenvalue weighted by atomic mass is 16.3. The van der Waals surface area contributed by atoms with Crippen LogP contribution in [-0.2, 0) is 0 Å². The highest BCUT2D eigenvalue weighted by molar-refractivity contribution is 6.19. The van der Waals surface area contributed by atoms with Crippen molar-refractivity contribution in [2.45, 2.75) is 0 Å². The Bertz CT molecular complexity index is 2170. The minimum atomic E-state index is 0.906. The summed E-state index contributed by atoms with van der Waals surface area (Å²) < 4.78 is 6.48. The van der Waals surface area contributed by atoms with Crippen molar-refractivity contribution in [1.29, 1.82) is 0 Å². The molecule has 1 heterocycles. The first-order valence-electron chi connectivity index (χ1n) is 13.6. The summed E-state index contributed by atoms with van der Waals surface area (Å²) >= 11 is 0. The summed E-state index contributed by atoms with van der Waals surface area (Å²) in [5.74, 6) is 0. The lowest BCUT2D eigenvalue weighted by Crippen LogP contribution is -2.10. The molecule has 7 aromatic carbocycles. The highest BCUT2D eigenvalue weighted by Crippen LogP contribution is 2.43. The van der Waals surface area contributed by atoms with E-state index in [1.54, 1.807) is 0 Å². The average Bonchev–Trinajstić information content (AvgIpc) is 3.42. The van der Waals surface area contributed by atoms with Gasteiger partial charge in [-0.3, -0.25) is 0 Å². The molecule has 40 heavy (non-hydrogen) atoms. The first-order valence-corrected chi connectivity index (χ1v) is 13.6. The van der Waals surface area contributed by atoms with Gasteiger partial charge < -0.3 is 9.32 Å². The zero-order valence-electron chi connectivity index (χ0n) is 21.8. The van der Waals surface area contributed by atoms with Crippen molar-refractivity contribution < 1.29 is 4.42 Å². The van der Waals surface area contributed by atoms with E-state index in [0.717, 1.165) is 50.0 Å². The molecule has 0 saturated carbocycles. The predicted octanol–water partition coefficient (Wildman–Crippen LogP) is 11.0. The van der Waals surface area contributed by atoms with E-state index in [0.29, 0.717) is 0 Å². The molecule has 1 aromatic heterocycles. The molecule has 8 rings (SSSR count). The van der Waals surface area contributed by atoms with Gasteiger partial charge in [0, 0.05) is 32.9 Å². The van der Waals surface area contributed by atoms with Crippen LogP contribution in [-0.4, -0.2) is 0 Å². The molecule has 0 aliphatic rings. The molecule has 0 bridgehead atoms. The number of hydrogen-bond donors (Lipinski definition) is 0. The number of rotatable bonds is 4. The maximum atomic E-state index is 6.48. The number of anilines is 3. The Hall–Kier alpha value is -5.34. The summed E-state index contributed by atoms with van der Waals surface area (Å²) in [5.41, 5.74) is 7.55. The monoisotopic (exact) mass is 511 g/mol. The molecule has 0 saturated heterocycles. The molecule has 2 heteroatoms. The van der Waals surface area contributed by atoms with Gasteiger partial charge in [-0.15, -0.1) is 0 Å². The molecule has 0 atom stereocenters. The van der Waals surface area contributed by atoms with Crippen LogP contribution < -0.4 is 4.90 Å². The molecule has 188 valence electrons. The summed E-state index contributed by atoms with van der Waals surface area (Å²) in [6.45, 7) is 0. The van der Waals surface area contributed by atoms with Gasteiger partial charge in [-0.1, -0.05) is 109 Å². The number of furan rings is 1. The van der Waals surface area contributed by atoms with E-state index in [1.165, 1.54) is 21.7 Å². The lowest BCUT2D eigenvalue weighted by molar-refractivity contribution is 0.673. The van der Waals surface area contributed by atoms with Gasteiger partial charge in [-0.25, -0.2) is 0 Å². The summed E-state index contributed by atoms with van der Waals surface area (Å²) in [6.07, 6.45) is 0. The molecule has 0 unspecified atom stereocenters. The van der Waals surface area contributed by atoms with Gasteiger partial charge in [0.25, 0.3) is 0 Å². The van der Waals surface area contributed by atoms with Crippen LogP contribution in [0.1, 0.15) is 0 Å². The Kier molecular flexibility index (Phi) is 5.17. The van der Waals surface area contributed by atoms with Gasteiger partial charge >= 0.3 is 0 Å². The molecular formula is C38H25NO. The fraction of sp³-hybridized carbons (Fsp3) is 0. The minimum Gasteiger partial charge on any atom is -0.455 e. The fourth-order valence-electron chi connectivity index (χ4n) is 6.01. The highest BCUT2D eigenvalue weighted by Gasteiger charge is 2.18. The lowest BCUT2D eigenvalue weighted by atomic mass is 9.97. The van der Waals surface area contributed by atoms with Crippen LogP contribution >= 0.6 is 0 Å². The number of nitrogens with zero attached hydrogens (tertiary/aromatic N) is 1. The molecule has 0 aliphatic carbocycles. The van der Waals surface area contributed by atoms with Crippen molar-refractivity contribution in [2.24, 2.45) is 0 Å². The SMILES string of the molecule is c1ccc(N(c2cccc(-c3cccc4oc5c6ccccc6ccc5c34)c2)c2cccc3ccccc23)cc1. The summed E-state index contributed by atoms with van der Waals surface area (Å²) in [4.78, 5) is 2.35. The van der Waals surface area contributed by atoms with Gasteiger partial charge in [0.2, 0.25) is 0 Å². The standard InChI is InChI=1S/C38H25NO/c1-2-15-29(16-3-1)39(35-21-9-13-26-11-4-6-18-31(26)35)30-17-8-14-28(25-30)32-20-10-22-36-37(32)34-24-23-27-12-5-7-19-33(27)38(34)40-36/h1-25H. The first-order chi connectivity index (χ1) is 19.8. The molecule has 0 N–H and O–H groups in total. The van der Waals surface area contributed by atoms with Gasteiger partial charge in [-0.2, -0.15) is 0 Å². The Morgan fingerprint density at radius 2 is 1.12 bits per heavy atom. The number of benzene rings is 7. The summed E-state index contributed by atoms with van der Waals surface area (Å²) in [5, 5.41) is 7.06. The molecular weight excluding hydrogens is 486 g/mol. The van der Waals surface area contributed by atoms with Gasteiger partial charge in [0.15, 0.2) is 0 Å². The molecule has 0 spiro atoms. The third-order valence-electron chi connectivity index (χ3n) is 7.82. The van der Waals surface area contributed by atoms with Crippen molar-refractivity contribution in [3.63, 3.8) is 0 Å². The van der Waals surface area contributed by atoms with E-state index in [1.807, 2.05) is 0 Å². The van der Waals surface area contributed by atoms with Crippen LogP contribution in [0.4, 0.5) is 17.1 Å². The Labute approximate surface area is 232 Å². The topological polar surface area (TPSA) is 16.4 Å². The quantitative estimate of drug-likeness (QED) is 0.234. The van der Waals surface area contributed by atoms with Gasteiger partial charge in [0.05, 0.1) is 5.69 Å². The second-order valence-corrected chi connectivity index (χ2v) is 10.2. The van der Waals surface area contributed by atoms with Gasteiger partial charge in [-0.05, 0) is 64.4 Å². The van der Waals surface area contributed by atoms with Crippen molar-refractivity contribution in [3.05, 3.63) is 152 Å². The Morgan fingerprint density at radius 1 is 0.450 bits per heavy atom. The largest absolute Gasteiger partial charge is 0.455 e. The normalized spacial score (nSPS) is 11.5. The maximum absolute atomic E-state index is 6.48. The maximum Gasteiger partial charge on any atom is 0.143 e. The van der Waals surface area contributed by atoms with Crippen LogP contribution in [0, 0.1) is 0 Å². The molecule has 0 fully saturated rings. The second-order valence-electron chi connectivity index (χ2n) is 10.2. The second kappa shape index (κ2) is 9.14. The molecule has 2 nitrogen and oxygen atoms in total. The molecule has 0 amide bonds. The van der Waals surface area contributed by atoms with E-state index < -0.39 is 0 Å². The van der Waals surface area contributed by atoms with Crippen LogP contribution in [0.3, 0.4) is 0 Å². The predicted molar refractivity (Wildman–Crippen MR) is 169 cm³/mol. The minimum absolute atomic E-state index is 0.906. The summed E-state index contributed by atoms with van der Waals surface area (Å²) in [6, 6.07) is 53.7. The van der Waals surface area contributed by atoms with Crippen LogP contribution in [0.2, 0.25) is 0 Å². The van der Waals surface area contributed by atoms with E-state index in [4.69, 9.17) is 4.42 Å². The van der Waals surface area contributed by atoms with Crippen molar-refractivity contribution in [1.82, 2.24) is 0 Å². The van der Waals surface area contributed by atoms with E-state index in [9.17, 15) is 0 Å². The van der Waals surface area contributed by atoms with Crippen molar-refractivity contribution in [3.8, 4) is 11.1 Å². The number of hydrogen-bond acceptors (Lipinski definition) is 2. The third-order valence-corrected chi connectivity index (χ3v) is 7.82. The Balaban J connectivity index is 1.36. The van der Waals surface area contributed by atoms with Gasteiger partial charge in [0.1, 0.15) is 11.2 Å². The molecule has 0 radical (unpaired) electrons. The van der Waals surface area contributed by atoms with Crippen molar-refractivity contribution >= 4 is 60.5 Å². The first kappa shape index (κ1) is 22.6. The number of para-hydroxylation sites is 1. The third kappa shape index (κ3) is 3.58. The molecule has 0 aliphatic heterocycles. The molecule has 8 aromatic rings. The number of fused-ring (bicyclic) bond motifs is 6. The smallest absolute Gasteiger partial charge is 0.143 e. The summed E-state index contributed by atoms with van der Waals surface area (Å²) in [7, 11) is 0. The van der Waals surface area contributed by atoms with Crippen LogP contribution in [0.5, 0.6) is 0 Å². The fourth-order valence-corrected chi connectivity index (χ4v) is 6.01. The average molecular weight is 512 g/mol. The van der Waals surface area contributed by atoms with Crippen LogP contribution in [0.25, 0.3) is 54.6 Å². The van der Waals surface area contributed by atoms with E-state index in [-0.39, 0.29) is 0 Å². The van der Waals surface area contributed by atoms with Crippen LogP contribution in [0.15, 0.2) is 156 Å². The zero-order valence-corrected chi connectivity index (χ0v) is 21.8. The Morgan fingerprint density at radius 3 is 2.00 bits per heavy atom. The van der Waals surface area contributed by atoms with Crippen molar-refractivity contribution in [2.75, 3.05) is 4.90 Å².